The monoisotopic (exact) mass is 545 g/mol. The molecule has 3 aromatic carbocycles. The highest BCUT2D eigenvalue weighted by molar-refractivity contribution is 6.52. The molecule has 1 saturated heterocycles. The average molecular weight is 546 g/mol. The van der Waals surface area contributed by atoms with E-state index in [1.807, 2.05) is 0 Å². The number of aliphatic hydroxyl groups excluding tert-OH is 1. The average Bonchev–Trinajstić information content (AvgIpc) is 3.16. The molecule has 0 bridgehead atoms. The molecular weight excluding hydrogens is 524 g/mol. The van der Waals surface area contributed by atoms with Crippen LogP contribution in [0.4, 0.5) is 10.1 Å². The Labute approximate surface area is 222 Å². The predicted octanol–water partition coefficient (Wildman–Crippen LogP) is 6.17. The van der Waals surface area contributed by atoms with Gasteiger partial charge in [0, 0.05) is 11.3 Å². The summed E-state index contributed by atoms with van der Waals surface area (Å²) in [4.78, 5) is 27.9. The maximum Gasteiger partial charge on any atom is 0.300 e. The van der Waals surface area contributed by atoms with Gasteiger partial charge in [-0.15, -0.1) is 0 Å². The van der Waals surface area contributed by atoms with E-state index in [-0.39, 0.29) is 26.9 Å². The number of hydrogen-bond acceptors (Lipinski definition) is 6. The Bertz CT molecular complexity index is 1420. The Kier molecular flexibility index (Phi) is 7.61. The number of nitrogens with zero attached hydrogens (tertiary/aromatic N) is 1. The molecule has 0 spiro atoms. The summed E-state index contributed by atoms with van der Waals surface area (Å²) in [6.45, 7) is 2.16. The largest absolute Gasteiger partial charge is 0.507 e. The first kappa shape index (κ1) is 26.3. The maximum atomic E-state index is 13.9. The van der Waals surface area contributed by atoms with Crippen LogP contribution in [0.2, 0.25) is 10.0 Å². The van der Waals surface area contributed by atoms with Crippen molar-refractivity contribution in [3.05, 3.63) is 87.2 Å². The number of Topliss-reactive ketones (excluding diaryl/α,β-unsaturated/α-hetero) is 1. The highest BCUT2D eigenvalue weighted by atomic mass is 35.5. The first-order valence-electron chi connectivity index (χ1n) is 11.1. The molecule has 1 atom stereocenters. The number of methoxy groups -OCH3 is 2. The molecule has 0 aromatic heterocycles. The topological polar surface area (TPSA) is 85.3 Å². The number of hydrogen-bond donors (Lipinski definition) is 1. The van der Waals surface area contributed by atoms with Crippen molar-refractivity contribution in [2.45, 2.75) is 13.0 Å². The van der Waals surface area contributed by atoms with Gasteiger partial charge < -0.3 is 19.3 Å². The summed E-state index contributed by atoms with van der Waals surface area (Å²) in [7, 11) is 2.91. The highest BCUT2D eigenvalue weighted by Gasteiger charge is 2.47. The molecule has 3 aromatic rings. The molecule has 0 saturated carbocycles. The van der Waals surface area contributed by atoms with Crippen LogP contribution in [0.1, 0.15) is 24.1 Å². The van der Waals surface area contributed by atoms with Gasteiger partial charge in [-0.2, -0.15) is 0 Å². The van der Waals surface area contributed by atoms with Gasteiger partial charge >= 0.3 is 0 Å². The van der Waals surface area contributed by atoms with E-state index in [0.717, 1.165) is 11.0 Å². The van der Waals surface area contributed by atoms with E-state index >= 15 is 0 Å². The fraction of sp³-hybridized carbons (Fsp3) is 0.185. The van der Waals surface area contributed by atoms with Gasteiger partial charge in [0.15, 0.2) is 11.5 Å². The normalized spacial score (nSPS) is 16.7. The second-order valence-corrected chi connectivity index (χ2v) is 8.77. The standard InChI is InChI=1S/C27H22Cl2FNO6/c1-4-37-16-7-8-18(28)17(13-16)25(32)23-24(14-5-10-21(35-2)22(11-14)36-3)31(27(34)26(23)33)15-6-9-20(30)19(29)12-15/h5-13,24,32H,4H2,1-3H3/b25-23+. The number of amides is 1. The lowest BCUT2D eigenvalue weighted by Gasteiger charge is -2.26. The lowest BCUT2D eigenvalue weighted by Crippen LogP contribution is -2.29. The fourth-order valence-electron chi connectivity index (χ4n) is 4.16. The second-order valence-electron chi connectivity index (χ2n) is 7.96. The Hall–Kier alpha value is -3.75. The molecule has 1 heterocycles. The van der Waals surface area contributed by atoms with Crippen LogP contribution in [0, 0.1) is 5.82 Å². The third-order valence-corrected chi connectivity index (χ3v) is 6.47. The molecule has 37 heavy (non-hydrogen) atoms. The first-order chi connectivity index (χ1) is 17.7. The van der Waals surface area contributed by atoms with Gasteiger partial charge in [0.05, 0.1) is 42.5 Å². The number of aliphatic hydroxyl groups is 1. The molecule has 0 radical (unpaired) electrons. The van der Waals surface area contributed by atoms with Gasteiger partial charge in [0.1, 0.15) is 17.3 Å². The Balaban J connectivity index is 1.99. The zero-order valence-electron chi connectivity index (χ0n) is 20.1. The summed E-state index contributed by atoms with van der Waals surface area (Å²) in [5.41, 5.74) is 0.443. The molecule has 10 heteroatoms. The second kappa shape index (κ2) is 10.7. The smallest absolute Gasteiger partial charge is 0.300 e. The van der Waals surface area contributed by atoms with Crippen molar-refractivity contribution < 1.29 is 33.3 Å². The lowest BCUT2D eigenvalue weighted by molar-refractivity contribution is -0.132. The number of halogens is 3. The van der Waals surface area contributed by atoms with E-state index in [1.165, 1.54) is 38.5 Å². The Morgan fingerprint density at radius 2 is 1.70 bits per heavy atom. The molecule has 1 aliphatic rings. The number of ether oxygens (including phenoxy) is 3. The molecule has 1 N–H and O–H groups in total. The molecule has 1 fully saturated rings. The minimum atomic E-state index is -1.13. The van der Waals surface area contributed by atoms with Crippen molar-refractivity contribution in [1.82, 2.24) is 0 Å². The molecular formula is C27H22Cl2FNO6. The molecule has 1 aliphatic heterocycles. The summed E-state index contributed by atoms with van der Waals surface area (Å²) in [5.74, 6) is -1.93. The van der Waals surface area contributed by atoms with Crippen LogP contribution in [0.25, 0.3) is 5.76 Å². The number of anilines is 1. The molecule has 0 aliphatic carbocycles. The number of carbonyl (C=O) groups is 2. The van der Waals surface area contributed by atoms with E-state index in [0.29, 0.717) is 29.4 Å². The summed E-state index contributed by atoms with van der Waals surface area (Å²) in [6.07, 6.45) is 0. The van der Waals surface area contributed by atoms with Gasteiger partial charge in [-0.1, -0.05) is 29.3 Å². The highest BCUT2D eigenvalue weighted by Crippen LogP contribution is 2.45. The zero-order valence-corrected chi connectivity index (χ0v) is 21.6. The molecule has 7 nitrogen and oxygen atoms in total. The van der Waals surface area contributed by atoms with Gasteiger partial charge in [-0.05, 0) is 61.0 Å². The number of rotatable bonds is 7. The minimum Gasteiger partial charge on any atom is -0.507 e. The molecule has 4 rings (SSSR count). The van der Waals surface area contributed by atoms with Crippen LogP contribution < -0.4 is 19.1 Å². The fourth-order valence-corrected chi connectivity index (χ4v) is 4.54. The third-order valence-electron chi connectivity index (χ3n) is 5.85. The number of benzene rings is 3. The van der Waals surface area contributed by atoms with Crippen LogP contribution in [0.3, 0.4) is 0 Å². The van der Waals surface area contributed by atoms with E-state index in [9.17, 15) is 19.1 Å². The molecule has 1 unspecified atom stereocenters. The summed E-state index contributed by atoms with van der Waals surface area (Å²) in [5, 5.41) is 11.3. The maximum absolute atomic E-state index is 13.9. The SMILES string of the molecule is CCOc1ccc(Cl)c(/C(O)=C2\C(=O)C(=O)N(c3ccc(F)c(Cl)c3)C2c2ccc(OC)c(OC)c2)c1. The van der Waals surface area contributed by atoms with E-state index < -0.39 is 29.3 Å². The van der Waals surface area contributed by atoms with Crippen molar-refractivity contribution in [2.75, 3.05) is 25.7 Å². The predicted molar refractivity (Wildman–Crippen MR) is 138 cm³/mol. The Morgan fingerprint density at radius 1 is 0.973 bits per heavy atom. The lowest BCUT2D eigenvalue weighted by atomic mass is 9.94. The molecule has 192 valence electrons. The Morgan fingerprint density at radius 3 is 2.35 bits per heavy atom. The first-order valence-corrected chi connectivity index (χ1v) is 11.9. The van der Waals surface area contributed by atoms with E-state index in [4.69, 9.17) is 37.4 Å². The van der Waals surface area contributed by atoms with Gasteiger partial charge in [-0.3, -0.25) is 14.5 Å². The van der Waals surface area contributed by atoms with Crippen LogP contribution >= 0.6 is 23.2 Å². The van der Waals surface area contributed by atoms with Crippen LogP contribution in [0.15, 0.2) is 60.2 Å². The van der Waals surface area contributed by atoms with Crippen molar-refractivity contribution >= 4 is 46.3 Å². The molecule has 1 amide bonds. The van der Waals surface area contributed by atoms with Crippen molar-refractivity contribution in [2.24, 2.45) is 0 Å². The summed E-state index contributed by atoms with van der Waals surface area (Å²) in [6, 6.07) is 11.9. The van der Waals surface area contributed by atoms with Crippen LogP contribution in [0.5, 0.6) is 17.2 Å². The number of ketones is 1. The third kappa shape index (κ3) is 4.82. The number of carbonyl (C=O) groups excluding carboxylic acids is 2. The zero-order chi connectivity index (χ0) is 26.9. The van der Waals surface area contributed by atoms with Crippen molar-refractivity contribution in [1.29, 1.82) is 0 Å². The van der Waals surface area contributed by atoms with Gasteiger partial charge in [0.25, 0.3) is 11.7 Å². The van der Waals surface area contributed by atoms with E-state index in [2.05, 4.69) is 0 Å². The quantitative estimate of drug-likeness (QED) is 0.217. The van der Waals surface area contributed by atoms with E-state index in [1.54, 1.807) is 31.2 Å². The van der Waals surface area contributed by atoms with Crippen LogP contribution in [-0.4, -0.2) is 37.6 Å². The van der Waals surface area contributed by atoms with Crippen molar-refractivity contribution in [3.63, 3.8) is 0 Å². The van der Waals surface area contributed by atoms with Crippen LogP contribution in [-0.2, 0) is 9.59 Å². The van der Waals surface area contributed by atoms with Gasteiger partial charge in [-0.25, -0.2) is 4.39 Å². The minimum absolute atomic E-state index is 0.105. The summed E-state index contributed by atoms with van der Waals surface area (Å²) >= 11 is 12.4. The summed E-state index contributed by atoms with van der Waals surface area (Å²) < 4.78 is 30.1. The van der Waals surface area contributed by atoms with Crippen molar-refractivity contribution in [3.8, 4) is 17.2 Å². The van der Waals surface area contributed by atoms with Gasteiger partial charge in [0.2, 0.25) is 0 Å².